The Morgan fingerprint density at radius 3 is 2.17 bits per heavy atom. The van der Waals surface area contributed by atoms with Gasteiger partial charge in [0.15, 0.2) is 0 Å². The summed E-state index contributed by atoms with van der Waals surface area (Å²) in [6.07, 6.45) is 2.33. The first-order chi connectivity index (χ1) is 10.6. The van der Waals surface area contributed by atoms with Gasteiger partial charge in [-0.05, 0) is 42.2 Å². The van der Waals surface area contributed by atoms with Gasteiger partial charge in [-0.1, -0.05) is 54.4 Å². The summed E-state index contributed by atoms with van der Waals surface area (Å²) in [4.78, 5) is 4.57. The molecule has 0 bridgehead atoms. The van der Waals surface area contributed by atoms with Crippen LogP contribution in [0.15, 0.2) is 6.07 Å². The molecule has 3 nitrogen and oxygen atoms in total. The van der Waals surface area contributed by atoms with Crippen LogP contribution in [0, 0.1) is 41.9 Å². The van der Waals surface area contributed by atoms with Gasteiger partial charge in [-0.3, -0.25) is 0 Å². The van der Waals surface area contributed by atoms with Gasteiger partial charge in [0.1, 0.15) is 11.9 Å². The molecular weight excluding hydrogens is 282 g/mol. The fourth-order valence-electron chi connectivity index (χ4n) is 3.54. The number of hydrogen-bond donors (Lipinski definition) is 1. The van der Waals surface area contributed by atoms with Crippen LogP contribution in [-0.4, -0.2) is 11.5 Å². The third kappa shape index (κ3) is 3.68. The summed E-state index contributed by atoms with van der Waals surface area (Å²) in [7, 11) is 0. The van der Waals surface area contributed by atoms with Crippen LogP contribution in [0.2, 0.25) is 0 Å². The van der Waals surface area contributed by atoms with Gasteiger partial charge in [-0.2, -0.15) is 5.26 Å². The van der Waals surface area contributed by atoms with Crippen molar-refractivity contribution < 1.29 is 0 Å². The van der Waals surface area contributed by atoms with Crippen molar-refractivity contribution in [2.45, 2.75) is 68.2 Å². The number of pyridine rings is 1. The van der Waals surface area contributed by atoms with Crippen LogP contribution in [0.4, 0.5) is 5.82 Å². The Hall–Kier alpha value is -1.56. The van der Waals surface area contributed by atoms with Crippen LogP contribution in [0.3, 0.4) is 0 Å². The fraction of sp³-hybridized carbons (Fsp3) is 0.700. The molecule has 3 heteroatoms. The van der Waals surface area contributed by atoms with Gasteiger partial charge in [0.25, 0.3) is 0 Å². The SMILES string of the molecule is CCC(C)(CC)C(C)(CNc1cc(C)c(C#N)c(C)n1)C(C)C. The second-order valence-corrected chi connectivity index (χ2v) is 7.59. The Bertz CT molecular complexity index is 556. The van der Waals surface area contributed by atoms with Gasteiger partial charge in [-0.15, -0.1) is 0 Å². The maximum atomic E-state index is 9.18. The Morgan fingerprint density at radius 2 is 1.78 bits per heavy atom. The minimum Gasteiger partial charge on any atom is -0.369 e. The van der Waals surface area contributed by atoms with E-state index >= 15 is 0 Å². The Kier molecular flexibility index (Phi) is 6.22. The highest BCUT2D eigenvalue weighted by atomic mass is 15.0. The largest absolute Gasteiger partial charge is 0.369 e. The lowest BCUT2D eigenvalue weighted by molar-refractivity contribution is 0.0248. The summed E-state index contributed by atoms with van der Waals surface area (Å²) in [6, 6.07) is 4.22. The van der Waals surface area contributed by atoms with Crippen molar-refractivity contribution in [3.63, 3.8) is 0 Å². The van der Waals surface area contributed by atoms with Crippen LogP contribution in [0.5, 0.6) is 0 Å². The number of rotatable bonds is 7. The zero-order valence-electron chi connectivity index (χ0n) is 16.2. The highest BCUT2D eigenvalue weighted by molar-refractivity contribution is 5.48. The van der Waals surface area contributed by atoms with Crippen molar-refractivity contribution in [1.82, 2.24) is 4.98 Å². The molecule has 1 unspecified atom stereocenters. The molecule has 0 aromatic carbocycles. The second kappa shape index (κ2) is 7.34. The first kappa shape index (κ1) is 19.5. The maximum Gasteiger partial charge on any atom is 0.126 e. The van der Waals surface area contributed by atoms with E-state index in [1.807, 2.05) is 19.9 Å². The van der Waals surface area contributed by atoms with Gasteiger partial charge >= 0.3 is 0 Å². The van der Waals surface area contributed by atoms with Crippen LogP contribution in [-0.2, 0) is 0 Å². The van der Waals surface area contributed by atoms with E-state index in [1.165, 1.54) is 12.8 Å². The highest BCUT2D eigenvalue weighted by Gasteiger charge is 2.44. The van der Waals surface area contributed by atoms with Gasteiger partial charge < -0.3 is 5.32 Å². The molecule has 0 aliphatic heterocycles. The summed E-state index contributed by atoms with van der Waals surface area (Å²) in [6.45, 7) is 18.8. The van der Waals surface area contributed by atoms with Crippen molar-refractivity contribution >= 4 is 5.82 Å². The fourth-order valence-corrected chi connectivity index (χ4v) is 3.54. The summed E-state index contributed by atoms with van der Waals surface area (Å²) in [5.41, 5.74) is 2.94. The van der Waals surface area contributed by atoms with Crippen molar-refractivity contribution in [3.8, 4) is 6.07 Å². The number of nitriles is 1. The zero-order valence-corrected chi connectivity index (χ0v) is 16.2. The summed E-state index contributed by atoms with van der Waals surface area (Å²) in [5, 5.41) is 12.7. The second-order valence-electron chi connectivity index (χ2n) is 7.59. The number of aromatic nitrogens is 1. The van der Waals surface area contributed by atoms with Crippen LogP contribution >= 0.6 is 0 Å². The van der Waals surface area contributed by atoms with E-state index in [9.17, 15) is 5.26 Å². The predicted octanol–water partition coefficient (Wildman–Crippen LogP) is 5.47. The Labute approximate surface area is 142 Å². The molecular formula is C20H33N3. The van der Waals surface area contributed by atoms with Gasteiger partial charge in [0.05, 0.1) is 11.3 Å². The third-order valence-corrected chi connectivity index (χ3v) is 6.36. The predicted molar refractivity (Wildman–Crippen MR) is 98.5 cm³/mol. The van der Waals surface area contributed by atoms with Gasteiger partial charge in [-0.25, -0.2) is 4.98 Å². The number of aryl methyl sites for hydroxylation is 2. The molecule has 1 atom stereocenters. The number of nitrogens with zero attached hydrogens (tertiary/aromatic N) is 2. The summed E-state index contributed by atoms with van der Waals surface area (Å²) in [5.74, 6) is 1.45. The highest BCUT2D eigenvalue weighted by Crippen LogP contribution is 2.49. The Morgan fingerprint density at radius 1 is 1.22 bits per heavy atom. The first-order valence-corrected chi connectivity index (χ1v) is 8.77. The van der Waals surface area contributed by atoms with E-state index in [-0.39, 0.29) is 10.8 Å². The lowest BCUT2D eigenvalue weighted by atomic mass is 9.57. The van der Waals surface area contributed by atoms with Crippen LogP contribution in [0.1, 0.15) is 71.2 Å². The van der Waals surface area contributed by atoms with Crippen molar-refractivity contribution in [3.05, 3.63) is 22.9 Å². The normalized spacial score (nSPS) is 14.4. The molecule has 0 saturated heterocycles. The lowest BCUT2D eigenvalue weighted by Gasteiger charge is -2.49. The van der Waals surface area contributed by atoms with Crippen molar-refractivity contribution in [2.24, 2.45) is 16.7 Å². The smallest absolute Gasteiger partial charge is 0.126 e. The van der Waals surface area contributed by atoms with Crippen molar-refractivity contribution in [2.75, 3.05) is 11.9 Å². The maximum absolute atomic E-state index is 9.18. The number of nitrogens with one attached hydrogen (secondary N) is 1. The molecule has 23 heavy (non-hydrogen) atoms. The van der Waals surface area contributed by atoms with E-state index < -0.39 is 0 Å². The molecule has 1 heterocycles. The third-order valence-electron chi connectivity index (χ3n) is 6.36. The molecule has 0 amide bonds. The molecule has 1 rings (SSSR count). The Balaban J connectivity index is 3.08. The van der Waals surface area contributed by atoms with Crippen molar-refractivity contribution in [1.29, 1.82) is 5.26 Å². The molecule has 0 fully saturated rings. The molecule has 128 valence electrons. The van der Waals surface area contributed by atoms with E-state index in [0.29, 0.717) is 11.5 Å². The molecule has 1 aromatic heterocycles. The topological polar surface area (TPSA) is 48.7 Å². The minimum absolute atomic E-state index is 0.174. The molecule has 1 aromatic rings. The van der Waals surface area contributed by atoms with Crippen LogP contribution in [0.25, 0.3) is 0 Å². The standard InChI is InChI=1S/C20H33N3/c1-9-19(7,10-2)20(8,14(3)4)13-22-18-11-15(5)17(12-21)16(6)23-18/h11,14H,9-10,13H2,1-8H3,(H,22,23). The lowest BCUT2D eigenvalue weighted by Crippen LogP contribution is -2.46. The van der Waals surface area contributed by atoms with E-state index in [0.717, 1.165) is 23.6 Å². The van der Waals surface area contributed by atoms with Gasteiger partial charge in [0.2, 0.25) is 0 Å². The van der Waals surface area contributed by atoms with E-state index in [2.05, 4.69) is 57.9 Å². The summed E-state index contributed by atoms with van der Waals surface area (Å²) >= 11 is 0. The monoisotopic (exact) mass is 315 g/mol. The number of anilines is 1. The minimum atomic E-state index is 0.174. The molecule has 0 aliphatic carbocycles. The molecule has 0 saturated carbocycles. The molecule has 1 N–H and O–H groups in total. The zero-order chi connectivity index (χ0) is 17.8. The van der Waals surface area contributed by atoms with Crippen LogP contribution < -0.4 is 5.32 Å². The summed E-state index contributed by atoms with van der Waals surface area (Å²) < 4.78 is 0. The first-order valence-electron chi connectivity index (χ1n) is 8.77. The molecule has 0 radical (unpaired) electrons. The van der Waals surface area contributed by atoms with Gasteiger partial charge in [0, 0.05) is 6.54 Å². The molecule has 0 spiro atoms. The quantitative estimate of drug-likeness (QED) is 0.725. The average Bonchev–Trinajstić information content (AvgIpc) is 2.51. The molecule has 0 aliphatic rings. The van der Waals surface area contributed by atoms with E-state index in [1.54, 1.807) is 0 Å². The van der Waals surface area contributed by atoms with E-state index in [4.69, 9.17) is 0 Å². The number of hydrogen-bond acceptors (Lipinski definition) is 3. The average molecular weight is 316 g/mol.